The molecular formula is C15H24N2+2. The standard InChI is InChI=1S/C15H22N2/c1-12-6-5-7-13-10-16-11-14(15(12)13)17-8-3-2-4-9-17/h5-7,14,16H,2-4,8-11H2,1H3/p+2/t14-/m0/s1. The SMILES string of the molecule is Cc1cccc2c1[C@@H]([NH+]1CCCCC1)C[NH2+]C2. The lowest BCUT2D eigenvalue weighted by Crippen LogP contribution is -3.16. The van der Waals surface area contributed by atoms with E-state index in [9.17, 15) is 0 Å². The average Bonchev–Trinajstić information content (AvgIpc) is 2.39. The van der Waals surface area contributed by atoms with Crippen molar-refractivity contribution in [1.29, 1.82) is 0 Å². The van der Waals surface area contributed by atoms with Gasteiger partial charge in [-0.2, -0.15) is 0 Å². The number of fused-ring (bicyclic) bond motifs is 1. The van der Waals surface area contributed by atoms with Gasteiger partial charge in [-0.05, 0) is 31.7 Å². The molecule has 0 amide bonds. The number of piperidine rings is 1. The smallest absolute Gasteiger partial charge is 0.163 e. The molecule has 0 unspecified atom stereocenters. The van der Waals surface area contributed by atoms with Gasteiger partial charge in [0.1, 0.15) is 13.1 Å². The Morgan fingerprint density at radius 1 is 1.18 bits per heavy atom. The van der Waals surface area contributed by atoms with Crippen molar-refractivity contribution >= 4 is 0 Å². The Morgan fingerprint density at radius 2 is 2.00 bits per heavy atom. The van der Waals surface area contributed by atoms with Gasteiger partial charge in [0, 0.05) is 11.1 Å². The molecule has 0 radical (unpaired) electrons. The molecule has 1 atom stereocenters. The van der Waals surface area contributed by atoms with Crippen LogP contribution in [-0.2, 0) is 6.54 Å². The molecule has 17 heavy (non-hydrogen) atoms. The first kappa shape index (κ1) is 11.2. The van der Waals surface area contributed by atoms with Crippen molar-refractivity contribution in [3.63, 3.8) is 0 Å². The molecular weight excluding hydrogens is 208 g/mol. The van der Waals surface area contributed by atoms with Crippen LogP contribution in [0.2, 0.25) is 0 Å². The van der Waals surface area contributed by atoms with Crippen molar-refractivity contribution in [2.45, 2.75) is 38.8 Å². The largest absolute Gasteiger partial charge is 0.337 e. The molecule has 2 heteroatoms. The summed E-state index contributed by atoms with van der Waals surface area (Å²) in [6.45, 7) is 7.52. The summed E-state index contributed by atoms with van der Waals surface area (Å²) in [5, 5.41) is 2.49. The number of benzene rings is 1. The summed E-state index contributed by atoms with van der Waals surface area (Å²) >= 11 is 0. The molecule has 0 spiro atoms. The van der Waals surface area contributed by atoms with Gasteiger partial charge in [-0.15, -0.1) is 0 Å². The zero-order valence-corrected chi connectivity index (χ0v) is 10.8. The second-order valence-corrected chi connectivity index (χ2v) is 5.65. The van der Waals surface area contributed by atoms with Gasteiger partial charge >= 0.3 is 0 Å². The fourth-order valence-corrected chi connectivity index (χ4v) is 3.67. The van der Waals surface area contributed by atoms with Crippen LogP contribution >= 0.6 is 0 Å². The number of nitrogens with one attached hydrogen (secondary N) is 1. The number of aryl methyl sites for hydroxylation is 1. The highest BCUT2D eigenvalue weighted by Gasteiger charge is 2.33. The molecule has 0 bridgehead atoms. The van der Waals surface area contributed by atoms with E-state index in [4.69, 9.17) is 0 Å². The first-order valence-corrected chi connectivity index (χ1v) is 7.11. The predicted octanol–water partition coefficient (Wildman–Crippen LogP) is 0.182. The minimum atomic E-state index is 0.750. The number of nitrogens with two attached hydrogens (primary N) is 1. The van der Waals surface area contributed by atoms with E-state index in [1.165, 1.54) is 51.0 Å². The second-order valence-electron chi connectivity index (χ2n) is 5.65. The Bertz CT molecular complexity index is 394. The van der Waals surface area contributed by atoms with Gasteiger partial charge in [0.25, 0.3) is 0 Å². The van der Waals surface area contributed by atoms with Crippen LogP contribution in [0.5, 0.6) is 0 Å². The molecule has 0 saturated carbocycles. The fourth-order valence-electron chi connectivity index (χ4n) is 3.67. The second kappa shape index (κ2) is 4.79. The van der Waals surface area contributed by atoms with Crippen LogP contribution in [0.4, 0.5) is 0 Å². The number of hydrogen-bond donors (Lipinski definition) is 2. The first-order chi connectivity index (χ1) is 8.36. The van der Waals surface area contributed by atoms with Crippen molar-refractivity contribution in [1.82, 2.24) is 0 Å². The van der Waals surface area contributed by atoms with E-state index < -0.39 is 0 Å². The van der Waals surface area contributed by atoms with Gasteiger partial charge < -0.3 is 10.2 Å². The molecule has 92 valence electrons. The van der Waals surface area contributed by atoms with Gasteiger partial charge in [-0.25, -0.2) is 0 Å². The fraction of sp³-hybridized carbons (Fsp3) is 0.600. The van der Waals surface area contributed by atoms with Gasteiger partial charge in [-0.3, -0.25) is 0 Å². The van der Waals surface area contributed by atoms with E-state index in [0.717, 1.165) is 6.04 Å². The molecule has 1 aromatic carbocycles. The minimum Gasteiger partial charge on any atom is -0.337 e. The van der Waals surface area contributed by atoms with Crippen LogP contribution < -0.4 is 10.2 Å². The highest BCUT2D eigenvalue weighted by atomic mass is 15.2. The Morgan fingerprint density at radius 3 is 2.82 bits per heavy atom. The van der Waals surface area contributed by atoms with E-state index in [-0.39, 0.29) is 0 Å². The minimum absolute atomic E-state index is 0.750. The van der Waals surface area contributed by atoms with E-state index in [0.29, 0.717) is 0 Å². The highest BCUT2D eigenvalue weighted by molar-refractivity contribution is 5.36. The van der Waals surface area contributed by atoms with Crippen LogP contribution in [0.1, 0.15) is 42.0 Å². The Labute approximate surface area is 104 Å². The van der Waals surface area contributed by atoms with Gasteiger partial charge in [-0.1, -0.05) is 18.2 Å². The molecule has 2 aliphatic heterocycles. The molecule has 3 N–H and O–H groups in total. The van der Waals surface area contributed by atoms with E-state index in [2.05, 4.69) is 30.4 Å². The predicted molar refractivity (Wildman–Crippen MR) is 69.0 cm³/mol. The Hall–Kier alpha value is -0.860. The van der Waals surface area contributed by atoms with Crippen molar-refractivity contribution in [3.8, 4) is 0 Å². The molecule has 2 nitrogen and oxygen atoms in total. The molecule has 2 heterocycles. The summed E-state index contributed by atoms with van der Waals surface area (Å²) in [6, 6.07) is 7.59. The maximum Gasteiger partial charge on any atom is 0.163 e. The van der Waals surface area contributed by atoms with E-state index in [1.54, 1.807) is 11.1 Å². The number of likely N-dealkylation sites (tertiary alicyclic amines) is 1. The number of hydrogen-bond acceptors (Lipinski definition) is 0. The van der Waals surface area contributed by atoms with Crippen LogP contribution in [-0.4, -0.2) is 19.6 Å². The summed E-state index contributed by atoms with van der Waals surface area (Å²) < 4.78 is 0. The third-order valence-corrected chi connectivity index (χ3v) is 4.52. The lowest BCUT2D eigenvalue weighted by Gasteiger charge is -2.34. The monoisotopic (exact) mass is 232 g/mol. The van der Waals surface area contributed by atoms with Gasteiger partial charge in [0.2, 0.25) is 0 Å². The average molecular weight is 232 g/mol. The third kappa shape index (κ3) is 2.12. The van der Waals surface area contributed by atoms with Crippen molar-refractivity contribution in [2.24, 2.45) is 0 Å². The zero-order valence-electron chi connectivity index (χ0n) is 10.8. The Balaban J connectivity index is 1.92. The Kier molecular flexibility index (Phi) is 3.17. The van der Waals surface area contributed by atoms with Crippen LogP contribution in [0, 0.1) is 6.92 Å². The zero-order chi connectivity index (χ0) is 11.7. The summed E-state index contributed by atoms with van der Waals surface area (Å²) in [5.74, 6) is 0. The molecule has 0 aliphatic carbocycles. The molecule has 1 aromatic rings. The topological polar surface area (TPSA) is 21.1 Å². The quantitative estimate of drug-likeness (QED) is 0.689. The molecule has 0 aromatic heterocycles. The molecule has 1 saturated heterocycles. The summed E-state index contributed by atoms with van der Waals surface area (Å²) in [4.78, 5) is 1.84. The summed E-state index contributed by atoms with van der Waals surface area (Å²) in [7, 11) is 0. The van der Waals surface area contributed by atoms with E-state index >= 15 is 0 Å². The van der Waals surface area contributed by atoms with E-state index in [1.807, 2.05) is 4.90 Å². The number of rotatable bonds is 1. The van der Waals surface area contributed by atoms with Gasteiger partial charge in [0.15, 0.2) is 6.04 Å². The van der Waals surface area contributed by atoms with Crippen molar-refractivity contribution in [3.05, 3.63) is 34.9 Å². The highest BCUT2D eigenvalue weighted by Crippen LogP contribution is 2.21. The molecule has 3 rings (SSSR count). The molecule has 2 aliphatic rings. The third-order valence-electron chi connectivity index (χ3n) is 4.52. The summed E-state index contributed by atoms with van der Waals surface area (Å²) in [5.41, 5.74) is 4.77. The van der Waals surface area contributed by atoms with Crippen molar-refractivity contribution in [2.75, 3.05) is 19.6 Å². The normalized spacial score (nSPS) is 25.6. The first-order valence-electron chi connectivity index (χ1n) is 7.11. The van der Waals surface area contributed by atoms with Gasteiger partial charge in [0.05, 0.1) is 13.1 Å². The maximum absolute atomic E-state index is 2.49. The van der Waals surface area contributed by atoms with Crippen molar-refractivity contribution < 1.29 is 10.2 Å². The van der Waals surface area contributed by atoms with Crippen LogP contribution in [0.25, 0.3) is 0 Å². The van der Waals surface area contributed by atoms with Crippen LogP contribution in [0.3, 0.4) is 0 Å². The summed E-state index contributed by atoms with van der Waals surface area (Å²) in [6.07, 6.45) is 4.29. The number of quaternary nitrogens is 2. The van der Waals surface area contributed by atoms with Crippen LogP contribution in [0.15, 0.2) is 18.2 Å². The molecule has 1 fully saturated rings. The lowest BCUT2D eigenvalue weighted by molar-refractivity contribution is -0.952. The maximum atomic E-state index is 2.49. The lowest BCUT2D eigenvalue weighted by atomic mass is 9.90.